The van der Waals surface area contributed by atoms with Crippen LogP contribution in [0.2, 0.25) is 0 Å². The van der Waals surface area contributed by atoms with Crippen LogP contribution in [0.5, 0.6) is 0 Å². The van der Waals surface area contributed by atoms with Crippen LogP contribution >= 0.6 is 23.3 Å². The molecule has 2 amide bonds. The normalized spacial score (nSPS) is 20.0. The smallest absolute Gasteiger partial charge is 0.278 e. The Kier molecular flexibility index (Phi) is 7.07. The van der Waals surface area contributed by atoms with Crippen LogP contribution in [-0.4, -0.2) is 61.5 Å². The molecule has 34 heavy (non-hydrogen) atoms. The lowest BCUT2D eigenvalue weighted by Gasteiger charge is -2.50. The Bertz CT molecular complexity index is 1170. The number of carboxylic acids is 1. The summed E-state index contributed by atoms with van der Waals surface area (Å²) < 4.78 is 5.80. The number of nitrogen functional groups attached to an aromatic ring is 1. The number of rotatable bonds is 9. The second-order valence-electron chi connectivity index (χ2n) is 7.38. The molecule has 2 aliphatic heterocycles. The van der Waals surface area contributed by atoms with Crippen LogP contribution < -0.4 is 20.7 Å². The number of carbonyl (C=O) groups is 3. The monoisotopic (exact) mass is 503 g/mol. The molecule has 4 rings (SSSR count). The molecule has 1 saturated heterocycles. The highest BCUT2D eigenvalue weighted by molar-refractivity contribution is 8.00. The summed E-state index contributed by atoms with van der Waals surface area (Å²) in [6.45, 7) is 2.45. The Morgan fingerprint density at radius 3 is 2.79 bits per heavy atom. The topological polar surface area (TPSA) is 167 Å². The van der Waals surface area contributed by atoms with E-state index in [1.165, 1.54) is 11.8 Å². The molecule has 0 radical (unpaired) electrons. The van der Waals surface area contributed by atoms with Gasteiger partial charge in [-0.05, 0) is 6.42 Å². The highest BCUT2D eigenvalue weighted by Gasteiger charge is 2.53. The van der Waals surface area contributed by atoms with Crippen molar-refractivity contribution in [3.05, 3.63) is 47.7 Å². The number of aromatic nitrogens is 3. The predicted molar refractivity (Wildman–Crippen MR) is 121 cm³/mol. The van der Waals surface area contributed by atoms with E-state index in [2.05, 4.69) is 19.8 Å². The second kappa shape index (κ2) is 10.2. The fourth-order valence-corrected chi connectivity index (χ4v) is 5.25. The number of hydrogen-bond donors (Lipinski definition) is 2. The third kappa shape index (κ3) is 4.72. The Morgan fingerprint density at radius 2 is 2.15 bits per heavy atom. The first-order valence-corrected chi connectivity index (χ1v) is 12.2. The molecule has 0 saturated carbocycles. The van der Waals surface area contributed by atoms with Crippen LogP contribution in [0.25, 0.3) is 0 Å². The molecule has 2 aliphatic rings. The number of thioether (sulfide) groups is 1. The number of carbonyl (C=O) groups excluding carboxylic acids is 3. The molecular formula is C20H21N7O5S2. The molecule has 2 aromatic rings. The van der Waals surface area contributed by atoms with Gasteiger partial charge in [0.05, 0.1) is 11.7 Å². The summed E-state index contributed by atoms with van der Waals surface area (Å²) in [4.78, 5) is 48.0. The van der Waals surface area contributed by atoms with Crippen LogP contribution in [0.4, 0.5) is 5.13 Å². The van der Waals surface area contributed by atoms with Gasteiger partial charge in [0.25, 0.3) is 11.8 Å². The molecule has 1 unspecified atom stereocenters. The quantitative estimate of drug-likeness (QED) is 0.138. The maximum atomic E-state index is 12.9. The van der Waals surface area contributed by atoms with E-state index in [-0.39, 0.29) is 29.0 Å². The van der Waals surface area contributed by atoms with E-state index in [1.54, 1.807) is 12.4 Å². The van der Waals surface area contributed by atoms with Crippen LogP contribution in [0.3, 0.4) is 0 Å². The zero-order valence-electron chi connectivity index (χ0n) is 18.0. The first-order chi connectivity index (χ1) is 16.4. The van der Waals surface area contributed by atoms with E-state index in [0.717, 1.165) is 16.4 Å². The average molecular weight is 504 g/mol. The molecule has 0 spiro atoms. The van der Waals surface area contributed by atoms with Crippen LogP contribution in [0.1, 0.15) is 19.2 Å². The molecule has 0 bridgehead atoms. The van der Waals surface area contributed by atoms with Gasteiger partial charge in [0, 0.05) is 35.0 Å². The van der Waals surface area contributed by atoms with E-state index in [0.29, 0.717) is 24.3 Å². The molecule has 2 atom stereocenters. The van der Waals surface area contributed by atoms with Crippen LogP contribution in [0.15, 0.2) is 47.0 Å². The largest absolute Gasteiger partial charge is 0.543 e. The van der Waals surface area contributed by atoms with Gasteiger partial charge in [-0.25, -0.2) is 4.57 Å². The lowest BCUT2D eigenvalue weighted by atomic mass is 10.0. The standard InChI is InChI=1S/C20H21N7O5S2/c1-2-8-32-24-12(15-23-20(21)34-25-15)16(28)22-13-17(29)27-14(19(30)31)11(10-33-18(13)27)9-26-6-4-3-5-7-26/h3-7,13,18H,2,8-10H2,1H3,(H3-,21,22,23,25,28,30,31)/t13?,18-/m1/s1. The maximum absolute atomic E-state index is 12.9. The van der Waals surface area contributed by atoms with Crippen molar-refractivity contribution in [3.63, 3.8) is 0 Å². The summed E-state index contributed by atoms with van der Waals surface area (Å²) in [6.07, 6.45) is 4.28. The number of nitrogens with two attached hydrogens (primary N) is 1. The van der Waals surface area contributed by atoms with E-state index >= 15 is 0 Å². The molecule has 4 heterocycles. The highest BCUT2D eigenvalue weighted by atomic mass is 32.2. The number of pyridine rings is 1. The molecule has 3 N–H and O–H groups in total. The molecule has 14 heteroatoms. The summed E-state index contributed by atoms with van der Waals surface area (Å²) in [5.74, 6) is -2.38. The van der Waals surface area contributed by atoms with Crippen molar-refractivity contribution in [2.45, 2.75) is 31.3 Å². The zero-order chi connectivity index (χ0) is 24.2. The zero-order valence-corrected chi connectivity index (χ0v) is 19.7. The van der Waals surface area contributed by atoms with Crippen LogP contribution in [-0.2, 0) is 25.8 Å². The minimum Gasteiger partial charge on any atom is -0.543 e. The predicted octanol–water partition coefficient (Wildman–Crippen LogP) is -1.36. The van der Waals surface area contributed by atoms with Crippen molar-refractivity contribution in [2.24, 2.45) is 5.16 Å². The number of carboxylic acid groups (broad SMARTS) is 1. The molecular weight excluding hydrogens is 482 g/mol. The van der Waals surface area contributed by atoms with Gasteiger partial charge < -0.3 is 25.8 Å². The van der Waals surface area contributed by atoms with E-state index < -0.39 is 29.2 Å². The first-order valence-electron chi connectivity index (χ1n) is 10.3. The van der Waals surface area contributed by atoms with Crippen molar-refractivity contribution < 1.29 is 28.9 Å². The second-order valence-corrected chi connectivity index (χ2v) is 9.27. The summed E-state index contributed by atoms with van der Waals surface area (Å²) in [5.41, 5.74) is 5.79. The van der Waals surface area contributed by atoms with Gasteiger partial charge in [-0.1, -0.05) is 18.1 Å². The van der Waals surface area contributed by atoms with Gasteiger partial charge in [-0.15, -0.1) is 11.8 Å². The van der Waals surface area contributed by atoms with Crippen molar-refractivity contribution in [3.8, 4) is 0 Å². The Balaban J connectivity index is 1.52. The van der Waals surface area contributed by atoms with Gasteiger partial charge in [0.15, 0.2) is 24.1 Å². The minimum atomic E-state index is -1.44. The van der Waals surface area contributed by atoms with Gasteiger partial charge in [0.2, 0.25) is 11.5 Å². The van der Waals surface area contributed by atoms with Crippen molar-refractivity contribution in [1.29, 1.82) is 0 Å². The first kappa shape index (κ1) is 23.6. The number of nitrogens with zero attached hydrogens (tertiary/aromatic N) is 5. The summed E-state index contributed by atoms with van der Waals surface area (Å²) in [5, 5.41) is 17.9. The average Bonchev–Trinajstić information content (AvgIpc) is 3.26. The van der Waals surface area contributed by atoms with Crippen LogP contribution in [0, 0.1) is 0 Å². The number of fused-ring (bicyclic) bond motifs is 1. The number of aliphatic carboxylic acids is 1. The third-order valence-corrected chi connectivity index (χ3v) is 6.88. The summed E-state index contributed by atoms with van der Waals surface area (Å²) in [6, 6.07) is 4.55. The maximum Gasteiger partial charge on any atom is 0.278 e. The molecule has 12 nitrogen and oxygen atoms in total. The molecule has 178 valence electrons. The number of hydrogen-bond acceptors (Lipinski definition) is 11. The van der Waals surface area contributed by atoms with Crippen molar-refractivity contribution >= 4 is 51.9 Å². The lowest BCUT2D eigenvalue weighted by Crippen LogP contribution is -2.71. The van der Waals surface area contributed by atoms with Gasteiger partial charge in [0.1, 0.15) is 18.0 Å². The molecule has 1 fully saturated rings. The fraction of sp³-hybridized carbons (Fsp3) is 0.350. The molecule has 0 aliphatic carbocycles. The highest BCUT2D eigenvalue weighted by Crippen LogP contribution is 2.40. The van der Waals surface area contributed by atoms with E-state index in [9.17, 15) is 19.5 Å². The Labute approximate surface area is 202 Å². The molecule has 2 aromatic heterocycles. The van der Waals surface area contributed by atoms with Crippen molar-refractivity contribution in [2.75, 3.05) is 18.1 Å². The molecule has 0 aromatic carbocycles. The third-order valence-electron chi connectivity index (χ3n) is 5.00. The number of oxime groups is 1. The number of anilines is 1. The number of β-lactam (4-membered cyclic amide) rings is 1. The lowest BCUT2D eigenvalue weighted by molar-refractivity contribution is -0.689. The Hall–Kier alpha value is -3.52. The SMILES string of the molecule is CCCON=C(C(=O)NC1C(=O)N2C(C(=O)[O-])=C(C[n+]3ccccc3)CS[C@H]12)c1nsc(N)n1. The number of nitrogens with one attached hydrogen (secondary N) is 1. The van der Waals surface area contributed by atoms with Crippen molar-refractivity contribution in [1.82, 2.24) is 19.6 Å². The minimum absolute atomic E-state index is 0.0199. The summed E-state index contributed by atoms with van der Waals surface area (Å²) in [7, 11) is 0. The summed E-state index contributed by atoms with van der Waals surface area (Å²) >= 11 is 2.25. The fourth-order valence-electron chi connectivity index (χ4n) is 3.48. The van der Waals surface area contributed by atoms with E-state index in [4.69, 9.17) is 10.6 Å². The van der Waals surface area contributed by atoms with Gasteiger partial charge in [-0.3, -0.25) is 14.5 Å². The number of amides is 2. The van der Waals surface area contributed by atoms with Gasteiger partial charge >= 0.3 is 0 Å². The Morgan fingerprint density at radius 1 is 1.38 bits per heavy atom. The van der Waals surface area contributed by atoms with Gasteiger partial charge in [-0.2, -0.15) is 9.36 Å². The van der Waals surface area contributed by atoms with E-state index in [1.807, 2.05) is 29.7 Å².